The summed E-state index contributed by atoms with van der Waals surface area (Å²) in [5.74, 6) is 0. The number of hydrogen-bond donors (Lipinski definition) is 2. The molecule has 0 atom stereocenters. The highest BCUT2D eigenvalue weighted by molar-refractivity contribution is 7.89. The first-order valence-corrected chi connectivity index (χ1v) is 7.49. The fourth-order valence-electron chi connectivity index (χ4n) is 1.72. The lowest BCUT2D eigenvalue weighted by molar-refractivity contribution is -0.387. The third-order valence-electron chi connectivity index (χ3n) is 3.04. The van der Waals surface area contributed by atoms with Crippen molar-refractivity contribution in [3.8, 4) is 0 Å². The highest BCUT2D eigenvalue weighted by Crippen LogP contribution is 2.29. The average Bonchev–Trinajstić information content (AvgIpc) is 2.30. The van der Waals surface area contributed by atoms with Crippen LogP contribution < -0.4 is 10.5 Å². The number of hydrogen-bond acceptors (Lipinski definition) is 5. The van der Waals surface area contributed by atoms with Gasteiger partial charge in [-0.15, -0.1) is 0 Å². The summed E-state index contributed by atoms with van der Waals surface area (Å²) >= 11 is 0. The molecular weight excluding hydrogens is 282 g/mol. The zero-order chi connectivity index (χ0) is 15.7. The molecule has 1 rings (SSSR count). The van der Waals surface area contributed by atoms with E-state index in [4.69, 9.17) is 5.73 Å². The molecule has 0 saturated carbocycles. The molecule has 0 saturated heterocycles. The van der Waals surface area contributed by atoms with Crippen LogP contribution in [0.2, 0.25) is 0 Å². The number of sulfonamides is 1. The Labute approximate surface area is 118 Å². The van der Waals surface area contributed by atoms with Crippen LogP contribution >= 0.6 is 0 Å². The normalized spacial score (nSPS) is 12.4. The smallest absolute Gasteiger partial charge is 0.289 e. The molecule has 0 bridgehead atoms. The average molecular weight is 301 g/mol. The van der Waals surface area contributed by atoms with Crippen molar-refractivity contribution in [1.82, 2.24) is 4.72 Å². The second-order valence-electron chi connectivity index (χ2n) is 5.31. The molecule has 0 heterocycles. The summed E-state index contributed by atoms with van der Waals surface area (Å²) in [6.45, 7) is 6.55. The van der Waals surface area contributed by atoms with Crippen molar-refractivity contribution in [2.75, 3.05) is 6.54 Å². The van der Waals surface area contributed by atoms with Crippen LogP contribution in [0.25, 0.3) is 0 Å². The third kappa shape index (κ3) is 3.33. The molecule has 1 aromatic rings. The molecule has 3 N–H and O–H groups in total. The van der Waals surface area contributed by atoms with Gasteiger partial charge < -0.3 is 5.73 Å². The Morgan fingerprint density at radius 3 is 2.35 bits per heavy atom. The van der Waals surface area contributed by atoms with Gasteiger partial charge in [0, 0.05) is 18.2 Å². The first-order valence-electron chi connectivity index (χ1n) is 6.00. The minimum atomic E-state index is -4.03. The summed E-state index contributed by atoms with van der Waals surface area (Å²) in [5.41, 5.74) is 5.20. The molecule has 8 heteroatoms. The number of aryl methyl sites for hydroxylation is 1. The van der Waals surface area contributed by atoms with Gasteiger partial charge in [-0.2, -0.15) is 0 Å². The van der Waals surface area contributed by atoms with E-state index in [9.17, 15) is 18.5 Å². The van der Waals surface area contributed by atoms with Gasteiger partial charge in [-0.3, -0.25) is 10.1 Å². The lowest BCUT2D eigenvalue weighted by Crippen LogP contribution is -2.48. The number of nitrogens with two attached hydrogens (primary N) is 1. The first kappa shape index (κ1) is 16.5. The molecule has 0 fully saturated rings. The van der Waals surface area contributed by atoms with Crippen LogP contribution in [0.5, 0.6) is 0 Å². The van der Waals surface area contributed by atoms with E-state index in [1.807, 2.05) is 0 Å². The Morgan fingerprint density at radius 2 is 1.90 bits per heavy atom. The second kappa shape index (κ2) is 5.47. The number of benzene rings is 1. The van der Waals surface area contributed by atoms with Gasteiger partial charge >= 0.3 is 0 Å². The van der Waals surface area contributed by atoms with Gasteiger partial charge in [0.15, 0.2) is 4.90 Å². The van der Waals surface area contributed by atoms with Gasteiger partial charge in [0.2, 0.25) is 10.0 Å². The van der Waals surface area contributed by atoms with Crippen LogP contribution in [0.1, 0.15) is 25.0 Å². The minimum Gasteiger partial charge on any atom is -0.329 e. The maximum Gasteiger partial charge on any atom is 0.289 e. The molecule has 0 aliphatic heterocycles. The first-order chi connectivity index (χ1) is 9.02. The lowest BCUT2D eigenvalue weighted by Gasteiger charge is -2.24. The Balaban J connectivity index is 3.52. The lowest BCUT2D eigenvalue weighted by atomic mass is 10.1. The van der Waals surface area contributed by atoms with Gasteiger partial charge in [-0.05, 0) is 38.8 Å². The van der Waals surface area contributed by atoms with Crippen molar-refractivity contribution >= 4 is 15.7 Å². The zero-order valence-corrected chi connectivity index (χ0v) is 12.7. The van der Waals surface area contributed by atoms with E-state index >= 15 is 0 Å². The van der Waals surface area contributed by atoms with Crippen LogP contribution in [-0.4, -0.2) is 25.4 Å². The van der Waals surface area contributed by atoms with E-state index in [1.165, 1.54) is 12.1 Å². The molecule has 0 radical (unpaired) electrons. The second-order valence-corrected chi connectivity index (χ2v) is 6.93. The van der Waals surface area contributed by atoms with E-state index in [1.54, 1.807) is 27.7 Å². The quantitative estimate of drug-likeness (QED) is 0.627. The molecule has 0 aromatic heterocycles. The minimum absolute atomic E-state index is 0.0743. The van der Waals surface area contributed by atoms with E-state index < -0.39 is 26.2 Å². The van der Waals surface area contributed by atoms with Crippen molar-refractivity contribution in [3.63, 3.8) is 0 Å². The topological polar surface area (TPSA) is 115 Å². The summed E-state index contributed by atoms with van der Waals surface area (Å²) in [4.78, 5) is 10.1. The molecule has 0 amide bonds. The van der Waals surface area contributed by atoms with Crippen LogP contribution in [-0.2, 0) is 10.0 Å². The largest absolute Gasteiger partial charge is 0.329 e. The summed E-state index contributed by atoms with van der Waals surface area (Å²) < 4.78 is 27.3. The van der Waals surface area contributed by atoms with Gasteiger partial charge in [-0.25, -0.2) is 13.1 Å². The summed E-state index contributed by atoms with van der Waals surface area (Å²) in [7, 11) is -4.03. The molecular formula is C12H19N3O4S. The van der Waals surface area contributed by atoms with Crippen molar-refractivity contribution in [3.05, 3.63) is 33.4 Å². The fraction of sp³-hybridized carbons (Fsp3) is 0.500. The predicted octanol–water partition coefficient (Wildman–Crippen LogP) is 1.23. The van der Waals surface area contributed by atoms with Gasteiger partial charge in [0.05, 0.1) is 4.92 Å². The van der Waals surface area contributed by atoms with E-state index in [0.29, 0.717) is 11.1 Å². The maximum absolute atomic E-state index is 12.4. The van der Waals surface area contributed by atoms with E-state index in [0.717, 1.165) is 0 Å². The van der Waals surface area contributed by atoms with E-state index in [2.05, 4.69) is 4.72 Å². The maximum atomic E-state index is 12.4. The monoisotopic (exact) mass is 301 g/mol. The van der Waals surface area contributed by atoms with Crippen molar-refractivity contribution in [1.29, 1.82) is 0 Å². The summed E-state index contributed by atoms with van der Waals surface area (Å²) in [5, 5.41) is 11.1. The van der Waals surface area contributed by atoms with E-state index in [-0.39, 0.29) is 11.4 Å². The van der Waals surface area contributed by atoms with Gasteiger partial charge in [0.1, 0.15) is 0 Å². The Hall–Kier alpha value is -1.51. The van der Waals surface area contributed by atoms with Gasteiger partial charge in [0.25, 0.3) is 5.69 Å². The fourth-order valence-corrected chi connectivity index (χ4v) is 3.61. The van der Waals surface area contributed by atoms with Crippen LogP contribution in [0.3, 0.4) is 0 Å². The molecule has 112 valence electrons. The summed E-state index contributed by atoms with van der Waals surface area (Å²) in [6, 6.07) is 2.73. The highest BCUT2D eigenvalue weighted by Gasteiger charge is 2.32. The third-order valence-corrected chi connectivity index (χ3v) is 4.92. The molecule has 1 aromatic carbocycles. The van der Waals surface area contributed by atoms with Crippen molar-refractivity contribution < 1.29 is 13.3 Å². The molecule has 0 aliphatic carbocycles. The van der Waals surface area contributed by atoms with Crippen molar-refractivity contribution in [2.45, 2.75) is 38.1 Å². The van der Waals surface area contributed by atoms with Crippen LogP contribution in [0.15, 0.2) is 17.0 Å². The molecule has 0 spiro atoms. The Kier molecular flexibility index (Phi) is 4.52. The SMILES string of the molecule is Cc1ccc([N+](=O)[O-])c(S(=O)(=O)NC(C)(C)CN)c1C. The molecule has 0 aliphatic rings. The molecule has 7 nitrogen and oxygen atoms in total. The number of nitrogens with one attached hydrogen (secondary N) is 1. The number of rotatable bonds is 5. The predicted molar refractivity (Wildman–Crippen MR) is 76.0 cm³/mol. The number of nitrogens with zero attached hydrogens (tertiary/aromatic N) is 1. The number of nitro benzene ring substituents is 1. The zero-order valence-electron chi connectivity index (χ0n) is 11.9. The molecule has 0 unspecified atom stereocenters. The van der Waals surface area contributed by atoms with Crippen LogP contribution in [0.4, 0.5) is 5.69 Å². The summed E-state index contributed by atoms with van der Waals surface area (Å²) in [6.07, 6.45) is 0. The van der Waals surface area contributed by atoms with Crippen LogP contribution in [0, 0.1) is 24.0 Å². The van der Waals surface area contributed by atoms with Gasteiger partial charge in [-0.1, -0.05) is 6.07 Å². The number of nitro groups is 1. The van der Waals surface area contributed by atoms with Crippen molar-refractivity contribution in [2.24, 2.45) is 5.73 Å². The Bertz CT molecular complexity index is 638. The standard InChI is InChI=1S/C12H19N3O4S/c1-8-5-6-10(15(16)17)11(9(8)2)20(18,19)14-12(3,4)7-13/h5-6,14H,7,13H2,1-4H3. The highest BCUT2D eigenvalue weighted by atomic mass is 32.2. The molecule has 20 heavy (non-hydrogen) atoms. The Morgan fingerprint density at radius 1 is 1.35 bits per heavy atom.